The molecule has 0 bridgehead atoms. The third kappa shape index (κ3) is 2.34. The smallest absolute Gasteiger partial charge is 0.145 e. The number of aromatic nitrogens is 2. The SMILES string of the molecule is CC(Cl)c1ncc(-c2ccccc2)cn1. The fourth-order valence-electron chi connectivity index (χ4n) is 1.32. The molecule has 1 aromatic carbocycles. The van der Waals surface area contributed by atoms with E-state index in [1.54, 1.807) is 12.4 Å². The van der Waals surface area contributed by atoms with Gasteiger partial charge in [0, 0.05) is 18.0 Å². The molecule has 0 amide bonds. The van der Waals surface area contributed by atoms with E-state index in [9.17, 15) is 0 Å². The Bertz CT molecular complexity index is 423. The van der Waals surface area contributed by atoms with E-state index in [4.69, 9.17) is 11.6 Å². The molecule has 0 fully saturated rings. The van der Waals surface area contributed by atoms with E-state index in [-0.39, 0.29) is 5.38 Å². The van der Waals surface area contributed by atoms with Crippen LogP contribution >= 0.6 is 11.6 Å². The highest BCUT2D eigenvalue weighted by Gasteiger charge is 2.04. The van der Waals surface area contributed by atoms with Crippen molar-refractivity contribution in [2.45, 2.75) is 12.3 Å². The minimum absolute atomic E-state index is 0.144. The van der Waals surface area contributed by atoms with Crippen LogP contribution in [0.3, 0.4) is 0 Å². The van der Waals surface area contributed by atoms with Gasteiger partial charge in [0.25, 0.3) is 0 Å². The molecule has 1 atom stereocenters. The second-order valence-electron chi connectivity index (χ2n) is 3.31. The van der Waals surface area contributed by atoms with Gasteiger partial charge >= 0.3 is 0 Å². The van der Waals surface area contributed by atoms with Gasteiger partial charge in [0.05, 0.1) is 5.38 Å². The Kier molecular flexibility index (Phi) is 2.97. The molecule has 1 aromatic heterocycles. The molecular weight excluding hydrogens is 208 g/mol. The van der Waals surface area contributed by atoms with E-state index in [1.165, 1.54) is 0 Å². The summed E-state index contributed by atoms with van der Waals surface area (Å²) in [6, 6.07) is 10.0. The van der Waals surface area contributed by atoms with Gasteiger partial charge in [0.15, 0.2) is 0 Å². The molecule has 0 spiro atoms. The highest BCUT2D eigenvalue weighted by molar-refractivity contribution is 6.20. The Morgan fingerprint density at radius 2 is 1.60 bits per heavy atom. The maximum Gasteiger partial charge on any atom is 0.145 e. The Balaban J connectivity index is 2.32. The first-order chi connectivity index (χ1) is 7.27. The topological polar surface area (TPSA) is 25.8 Å². The van der Waals surface area contributed by atoms with Crippen LogP contribution in [0.5, 0.6) is 0 Å². The maximum absolute atomic E-state index is 5.88. The molecule has 2 nitrogen and oxygen atoms in total. The van der Waals surface area contributed by atoms with Gasteiger partial charge in [-0.05, 0) is 12.5 Å². The van der Waals surface area contributed by atoms with Gasteiger partial charge in [0.1, 0.15) is 5.82 Å². The zero-order valence-electron chi connectivity index (χ0n) is 8.39. The number of alkyl halides is 1. The van der Waals surface area contributed by atoms with E-state index in [2.05, 4.69) is 9.97 Å². The standard InChI is InChI=1S/C12H11ClN2/c1-9(13)12-14-7-11(8-15-12)10-5-3-2-4-6-10/h2-9H,1H3. The average molecular weight is 219 g/mol. The first kappa shape index (κ1) is 10.1. The Hall–Kier alpha value is -1.41. The number of hydrogen-bond acceptors (Lipinski definition) is 2. The van der Waals surface area contributed by atoms with Gasteiger partial charge in [-0.15, -0.1) is 11.6 Å². The highest BCUT2D eigenvalue weighted by Crippen LogP contribution is 2.19. The van der Waals surface area contributed by atoms with Crippen LogP contribution in [-0.4, -0.2) is 9.97 Å². The molecule has 1 unspecified atom stereocenters. The van der Waals surface area contributed by atoms with Crippen molar-refractivity contribution in [3.8, 4) is 11.1 Å². The van der Waals surface area contributed by atoms with Crippen molar-refractivity contribution in [1.82, 2.24) is 9.97 Å². The summed E-state index contributed by atoms with van der Waals surface area (Å²) in [6.45, 7) is 1.86. The molecule has 2 rings (SSSR count). The van der Waals surface area contributed by atoms with E-state index in [1.807, 2.05) is 37.3 Å². The summed E-state index contributed by atoms with van der Waals surface area (Å²) in [5, 5.41) is -0.144. The van der Waals surface area contributed by atoms with E-state index < -0.39 is 0 Å². The number of benzene rings is 1. The summed E-state index contributed by atoms with van der Waals surface area (Å²) < 4.78 is 0. The first-order valence-corrected chi connectivity index (χ1v) is 5.22. The molecule has 3 heteroatoms. The van der Waals surface area contributed by atoms with Crippen molar-refractivity contribution in [3.05, 3.63) is 48.5 Å². The Morgan fingerprint density at radius 3 is 2.13 bits per heavy atom. The fourth-order valence-corrected chi connectivity index (χ4v) is 1.44. The highest BCUT2D eigenvalue weighted by atomic mass is 35.5. The number of rotatable bonds is 2. The molecule has 76 valence electrons. The van der Waals surface area contributed by atoms with Crippen LogP contribution in [0.2, 0.25) is 0 Å². The number of hydrogen-bond donors (Lipinski definition) is 0. The van der Waals surface area contributed by atoms with Gasteiger partial charge < -0.3 is 0 Å². The van der Waals surface area contributed by atoms with E-state index in [0.29, 0.717) is 5.82 Å². The summed E-state index contributed by atoms with van der Waals surface area (Å²) in [4.78, 5) is 8.42. The molecule has 0 aliphatic carbocycles. The Labute approximate surface area is 94.0 Å². The number of nitrogens with zero attached hydrogens (tertiary/aromatic N) is 2. The average Bonchev–Trinajstić information content (AvgIpc) is 2.30. The molecule has 15 heavy (non-hydrogen) atoms. The van der Waals surface area contributed by atoms with Gasteiger partial charge in [-0.25, -0.2) is 9.97 Å². The van der Waals surface area contributed by atoms with Crippen LogP contribution in [-0.2, 0) is 0 Å². The van der Waals surface area contributed by atoms with Gasteiger partial charge in [0.2, 0.25) is 0 Å². The molecule has 1 heterocycles. The van der Waals surface area contributed by atoms with Crippen molar-refractivity contribution < 1.29 is 0 Å². The maximum atomic E-state index is 5.88. The lowest BCUT2D eigenvalue weighted by Crippen LogP contribution is -1.94. The monoisotopic (exact) mass is 218 g/mol. The van der Waals surface area contributed by atoms with Crippen molar-refractivity contribution in [2.24, 2.45) is 0 Å². The van der Waals surface area contributed by atoms with Crippen LogP contribution < -0.4 is 0 Å². The van der Waals surface area contributed by atoms with E-state index >= 15 is 0 Å². The first-order valence-electron chi connectivity index (χ1n) is 4.79. The zero-order chi connectivity index (χ0) is 10.7. The summed E-state index contributed by atoms with van der Waals surface area (Å²) >= 11 is 5.88. The predicted octanol–water partition coefficient (Wildman–Crippen LogP) is 3.44. The van der Waals surface area contributed by atoms with Crippen LogP contribution in [0, 0.1) is 0 Å². The third-order valence-corrected chi connectivity index (χ3v) is 2.33. The van der Waals surface area contributed by atoms with Crippen molar-refractivity contribution in [3.63, 3.8) is 0 Å². The molecule has 0 aliphatic heterocycles. The number of halogens is 1. The molecule has 0 saturated carbocycles. The molecule has 2 aromatic rings. The summed E-state index contributed by atoms with van der Waals surface area (Å²) in [6.07, 6.45) is 3.60. The lowest BCUT2D eigenvalue weighted by atomic mass is 10.1. The summed E-state index contributed by atoms with van der Waals surface area (Å²) in [7, 11) is 0. The molecular formula is C12H11ClN2. The van der Waals surface area contributed by atoms with Crippen molar-refractivity contribution in [1.29, 1.82) is 0 Å². The van der Waals surface area contributed by atoms with Crippen LogP contribution in [0.15, 0.2) is 42.7 Å². The van der Waals surface area contributed by atoms with Crippen molar-refractivity contribution in [2.75, 3.05) is 0 Å². The zero-order valence-corrected chi connectivity index (χ0v) is 9.15. The minimum atomic E-state index is -0.144. The second-order valence-corrected chi connectivity index (χ2v) is 3.97. The summed E-state index contributed by atoms with van der Waals surface area (Å²) in [5.41, 5.74) is 2.13. The van der Waals surface area contributed by atoms with Gasteiger partial charge in [-0.3, -0.25) is 0 Å². The summed E-state index contributed by atoms with van der Waals surface area (Å²) in [5.74, 6) is 0.663. The molecule has 0 saturated heterocycles. The second kappa shape index (κ2) is 4.41. The largest absolute Gasteiger partial charge is 0.239 e. The lowest BCUT2D eigenvalue weighted by Gasteiger charge is -2.03. The van der Waals surface area contributed by atoms with Gasteiger partial charge in [-0.2, -0.15) is 0 Å². The van der Waals surface area contributed by atoms with Crippen LogP contribution in [0.25, 0.3) is 11.1 Å². The fraction of sp³-hybridized carbons (Fsp3) is 0.167. The molecule has 0 radical (unpaired) electrons. The molecule has 0 aliphatic rings. The van der Waals surface area contributed by atoms with Crippen molar-refractivity contribution >= 4 is 11.6 Å². The Morgan fingerprint density at radius 1 is 1.00 bits per heavy atom. The van der Waals surface area contributed by atoms with Crippen LogP contribution in [0.4, 0.5) is 0 Å². The van der Waals surface area contributed by atoms with Gasteiger partial charge in [-0.1, -0.05) is 30.3 Å². The minimum Gasteiger partial charge on any atom is -0.239 e. The normalized spacial score (nSPS) is 12.4. The lowest BCUT2D eigenvalue weighted by molar-refractivity contribution is 0.911. The van der Waals surface area contributed by atoms with Crippen LogP contribution in [0.1, 0.15) is 18.1 Å². The quantitative estimate of drug-likeness (QED) is 0.722. The van der Waals surface area contributed by atoms with E-state index in [0.717, 1.165) is 11.1 Å². The third-order valence-electron chi connectivity index (χ3n) is 2.13. The molecule has 0 N–H and O–H groups in total. The predicted molar refractivity (Wildman–Crippen MR) is 61.7 cm³/mol.